The number of benzene rings is 2. The number of nitrogens with two attached hydrogens (primary N) is 3. The minimum absolute atomic E-state index is 0.159. The van der Waals surface area contributed by atoms with E-state index in [9.17, 15) is 24.0 Å². The van der Waals surface area contributed by atoms with Crippen LogP contribution in [0.15, 0.2) is 36.4 Å². The molecule has 4 atom stereocenters. The molecular weight excluding hydrogens is 628 g/mol. The number of carbonyl (C=O) groups excluding carboxylic acids is 5. The van der Waals surface area contributed by atoms with Crippen molar-refractivity contribution in [3.05, 3.63) is 47.5 Å². The molecule has 11 N–H and O–H groups in total. The maximum atomic E-state index is 12.8. The highest BCUT2D eigenvalue weighted by Gasteiger charge is 2.33. The molecule has 2 unspecified atom stereocenters. The van der Waals surface area contributed by atoms with Crippen molar-refractivity contribution in [1.82, 2.24) is 16.0 Å². The smallest absolute Gasteiger partial charge is 0.408 e. The van der Waals surface area contributed by atoms with Crippen LogP contribution < -0.4 is 43.8 Å². The van der Waals surface area contributed by atoms with Crippen LogP contribution in [0.3, 0.4) is 0 Å². The largest absolute Gasteiger partial charge is 0.444 e. The van der Waals surface area contributed by atoms with Crippen LogP contribution >= 0.6 is 0 Å². The summed E-state index contributed by atoms with van der Waals surface area (Å²) in [5.74, 6) is -0.828. The van der Waals surface area contributed by atoms with Crippen molar-refractivity contribution in [3.8, 4) is 0 Å². The standard InChI is InChI=1S/C20H30N4O4.C15H22N4O2/c1-11(2)9-14(23-19(27)28-20(3,4)5)17(25)22-15-10-12-7-6-8-13(21)16(12)24-18(15)26;1-8(2)6-11(17)14(20)18-12-7-9-4-3-5-10(16)13(9)19-15(12)21/h6-8,11,14-15H,9-10,21H2,1-5H3,(H,22,25)(H,23,27)(H,24,26);3-5,8,11-12H,6-7,16-17H2,1-2H3,(H,18,20)(H,19,21)/t14-,15?;11-,12?/m11/s1. The summed E-state index contributed by atoms with van der Waals surface area (Å²) in [6, 6.07) is 8.07. The van der Waals surface area contributed by atoms with Crippen LogP contribution in [0.25, 0.3) is 0 Å². The topological polar surface area (TPSA) is 233 Å². The number of ether oxygens (including phenoxy) is 1. The van der Waals surface area contributed by atoms with E-state index in [4.69, 9.17) is 21.9 Å². The van der Waals surface area contributed by atoms with Gasteiger partial charge in [0.1, 0.15) is 23.7 Å². The number of carbonyl (C=O) groups is 5. The van der Waals surface area contributed by atoms with Crippen LogP contribution in [0.5, 0.6) is 0 Å². The number of amides is 5. The van der Waals surface area contributed by atoms with E-state index < -0.39 is 41.8 Å². The molecule has 0 saturated carbocycles. The summed E-state index contributed by atoms with van der Waals surface area (Å²) in [6.07, 6.45) is 1.09. The number of hydrogen-bond donors (Lipinski definition) is 8. The Morgan fingerprint density at radius 1 is 0.796 bits per heavy atom. The normalized spacial score (nSPS) is 18.0. The quantitative estimate of drug-likeness (QED) is 0.182. The molecular formula is C35H52N8O6. The van der Waals surface area contributed by atoms with Gasteiger partial charge < -0.3 is 48.5 Å². The Hall–Kier alpha value is -4.85. The van der Waals surface area contributed by atoms with Crippen molar-refractivity contribution in [2.24, 2.45) is 17.6 Å². The molecule has 0 radical (unpaired) electrons. The summed E-state index contributed by atoms with van der Waals surface area (Å²) in [5.41, 5.74) is 20.9. The highest BCUT2D eigenvalue weighted by Crippen LogP contribution is 2.29. The van der Waals surface area contributed by atoms with E-state index in [0.717, 1.165) is 11.1 Å². The van der Waals surface area contributed by atoms with Gasteiger partial charge in [-0.2, -0.15) is 0 Å². The number of alkyl carbamates (subject to hydrolysis) is 1. The second kappa shape index (κ2) is 16.5. The zero-order chi connectivity index (χ0) is 36.6. The minimum atomic E-state index is -0.801. The monoisotopic (exact) mass is 680 g/mol. The SMILES string of the molecule is CC(C)C[C@@H](N)C(=O)NC1Cc2cccc(N)c2NC1=O.CC(C)C[C@@H](NC(=O)OC(C)(C)C)C(=O)NC1Cc2cccc(N)c2NC1=O. The van der Waals surface area contributed by atoms with Gasteiger partial charge in [0, 0.05) is 12.8 Å². The van der Waals surface area contributed by atoms with E-state index in [1.54, 1.807) is 39.0 Å². The molecule has 2 heterocycles. The third-order valence-corrected chi connectivity index (χ3v) is 7.75. The lowest BCUT2D eigenvalue weighted by molar-refractivity contribution is -0.128. The predicted octanol–water partition coefficient (Wildman–Crippen LogP) is 2.81. The fourth-order valence-corrected chi connectivity index (χ4v) is 5.48. The average Bonchev–Trinajstić information content (AvgIpc) is 2.97. The van der Waals surface area contributed by atoms with Gasteiger partial charge in [-0.3, -0.25) is 19.2 Å². The number of nitrogens with one attached hydrogen (secondary N) is 5. The first-order chi connectivity index (χ1) is 22.8. The summed E-state index contributed by atoms with van der Waals surface area (Å²) >= 11 is 0. The van der Waals surface area contributed by atoms with Gasteiger partial charge in [0.15, 0.2) is 0 Å². The Bertz CT molecular complexity index is 1540. The van der Waals surface area contributed by atoms with E-state index >= 15 is 0 Å². The number of nitrogen functional groups attached to an aromatic ring is 2. The van der Waals surface area contributed by atoms with Crippen LogP contribution in [-0.4, -0.2) is 59.5 Å². The first-order valence-corrected chi connectivity index (χ1v) is 16.6. The average molecular weight is 681 g/mol. The lowest BCUT2D eigenvalue weighted by Crippen LogP contribution is -2.55. The molecule has 2 aromatic rings. The molecule has 5 amide bonds. The van der Waals surface area contributed by atoms with Crippen LogP contribution in [0.1, 0.15) is 72.4 Å². The third kappa shape index (κ3) is 11.4. The summed E-state index contributed by atoms with van der Waals surface area (Å²) in [4.78, 5) is 61.4. The van der Waals surface area contributed by atoms with Gasteiger partial charge in [0.25, 0.3) is 0 Å². The Kier molecular flexibility index (Phi) is 13.0. The molecule has 14 heteroatoms. The molecule has 14 nitrogen and oxygen atoms in total. The van der Waals surface area contributed by atoms with E-state index in [1.165, 1.54) is 0 Å². The van der Waals surface area contributed by atoms with Crippen molar-refractivity contribution >= 4 is 52.5 Å². The molecule has 0 aromatic heterocycles. The Labute approximate surface area is 288 Å². The maximum Gasteiger partial charge on any atom is 0.408 e. The second-order valence-electron chi connectivity index (χ2n) is 14.3. The second-order valence-corrected chi connectivity index (χ2v) is 14.3. The molecule has 2 aromatic carbocycles. The van der Waals surface area contributed by atoms with E-state index in [1.807, 2.05) is 45.9 Å². The van der Waals surface area contributed by atoms with E-state index in [-0.39, 0.29) is 23.6 Å². The number of fused-ring (bicyclic) bond motifs is 2. The van der Waals surface area contributed by atoms with Crippen molar-refractivity contribution in [2.45, 2.75) is 104 Å². The summed E-state index contributed by atoms with van der Waals surface area (Å²) < 4.78 is 5.25. The van der Waals surface area contributed by atoms with Crippen LogP contribution in [-0.2, 0) is 36.8 Å². The summed E-state index contributed by atoms with van der Waals surface area (Å²) in [7, 11) is 0. The van der Waals surface area contributed by atoms with Crippen molar-refractivity contribution < 1.29 is 28.7 Å². The maximum absolute atomic E-state index is 12.8. The Morgan fingerprint density at radius 3 is 1.67 bits per heavy atom. The summed E-state index contributed by atoms with van der Waals surface area (Å²) in [5, 5.41) is 13.6. The lowest BCUT2D eigenvalue weighted by Gasteiger charge is -2.29. The molecule has 0 aliphatic carbocycles. The Morgan fingerprint density at radius 2 is 1.24 bits per heavy atom. The Balaban J connectivity index is 0.000000276. The van der Waals surface area contributed by atoms with Gasteiger partial charge in [0.05, 0.1) is 28.8 Å². The fourth-order valence-electron chi connectivity index (χ4n) is 5.48. The van der Waals surface area contributed by atoms with Crippen molar-refractivity contribution in [2.75, 3.05) is 22.1 Å². The number of rotatable bonds is 9. The number of para-hydroxylation sites is 2. The van der Waals surface area contributed by atoms with Gasteiger partial charge in [-0.25, -0.2) is 4.79 Å². The van der Waals surface area contributed by atoms with Gasteiger partial charge in [-0.15, -0.1) is 0 Å². The van der Waals surface area contributed by atoms with Crippen molar-refractivity contribution in [1.29, 1.82) is 0 Å². The highest BCUT2D eigenvalue weighted by atomic mass is 16.6. The van der Waals surface area contributed by atoms with Crippen molar-refractivity contribution in [3.63, 3.8) is 0 Å². The van der Waals surface area contributed by atoms with Gasteiger partial charge in [-0.1, -0.05) is 52.0 Å². The fraction of sp³-hybridized carbons (Fsp3) is 0.514. The van der Waals surface area contributed by atoms with Crippen LogP contribution in [0, 0.1) is 11.8 Å². The first-order valence-electron chi connectivity index (χ1n) is 16.6. The van der Waals surface area contributed by atoms with Gasteiger partial charge in [0.2, 0.25) is 23.6 Å². The number of hydrogen-bond acceptors (Lipinski definition) is 9. The lowest BCUT2D eigenvalue weighted by atomic mass is 9.97. The minimum Gasteiger partial charge on any atom is -0.444 e. The summed E-state index contributed by atoms with van der Waals surface area (Å²) in [6.45, 7) is 13.1. The zero-order valence-electron chi connectivity index (χ0n) is 29.4. The molecule has 2 aliphatic rings. The first kappa shape index (κ1) is 38.6. The molecule has 2 aliphatic heterocycles. The highest BCUT2D eigenvalue weighted by molar-refractivity contribution is 6.04. The van der Waals surface area contributed by atoms with E-state index in [2.05, 4.69) is 26.6 Å². The molecule has 268 valence electrons. The van der Waals surface area contributed by atoms with Gasteiger partial charge >= 0.3 is 6.09 Å². The number of anilines is 4. The van der Waals surface area contributed by atoms with Crippen LogP contribution in [0.4, 0.5) is 27.5 Å². The molecule has 0 bridgehead atoms. The zero-order valence-corrected chi connectivity index (χ0v) is 29.4. The van der Waals surface area contributed by atoms with E-state index in [0.29, 0.717) is 54.4 Å². The van der Waals surface area contributed by atoms with Crippen LogP contribution in [0.2, 0.25) is 0 Å². The third-order valence-electron chi connectivity index (χ3n) is 7.75. The molecule has 0 saturated heterocycles. The molecule has 0 spiro atoms. The molecule has 49 heavy (non-hydrogen) atoms. The molecule has 0 fully saturated rings. The van der Waals surface area contributed by atoms with Gasteiger partial charge in [-0.05, 0) is 68.7 Å². The predicted molar refractivity (Wildman–Crippen MR) is 190 cm³/mol. The molecule has 4 rings (SSSR count).